The first kappa shape index (κ1) is 12.8. The second kappa shape index (κ2) is 5.07. The number of fused-ring (bicyclic) bond motifs is 1. The van der Waals surface area contributed by atoms with Crippen molar-refractivity contribution in [3.05, 3.63) is 30.5 Å². The summed E-state index contributed by atoms with van der Waals surface area (Å²) in [5.74, 6) is -0.0172. The summed E-state index contributed by atoms with van der Waals surface area (Å²) in [7, 11) is 0. The van der Waals surface area contributed by atoms with Crippen molar-refractivity contribution >= 4 is 22.8 Å². The number of nitrogens with zero attached hydrogens (tertiary/aromatic N) is 2. The van der Waals surface area contributed by atoms with Gasteiger partial charge in [0.1, 0.15) is 5.82 Å². The molecule has 0 aliphatic heterocycles. The van der Waals surface area contributed by atoms with E-state index >= 15 is 0 Å². The van der Waals surface area contributed by atoms with Gasteiger partial charge in [-0.1, -0.05) is 18.6 Å². The number of aliphatic carboxylic acids is 1. The van der Waals surface area contributed by atoms with Crippen molar-refractivity contribution in [1.29, 1.82) is 0 Å². The molecule has 0 radical (unpaired) electrons. The number of benzene rings is 1. The Kier molecular flexibility index (Phi) is 3.26. The van der Waals surface area contributed by atoms with Crippen LogP contribution in [0.5, 0.6) is 0 Å². The highest BCUT2D eigenvalue weighted by atomic mass is 16.4. The van der Waals surface area contributed by atoms with Gasteiger partial charge in [0, 0.05) is 6.54 Å². The third-order valence-electron chi connectivity index (χ3n) is 4.03. The summed E-state index contributed by atoms with van der Waals surface area (Å²) >= 11 is 0. The zero-order valence-electron chi connectivity index (χ0n) is 11.2. The second-order valence-electron chi connectivity index (χ2n) is 5.52. The van der Waals surface area contributed by atoms with Crippen LogP contribution in [0.15, 0.2) is 30.5 Å². The summed E-state index contributed by atoms with van der Waals surface area (Å²) in [5, 5.41) is 12.2. The fraction of sp³-hybridized carbons (Fsp3) is 0.400. The van der Waals surface area contributed by atoms with Crippen molar-refractivity contribution in [3.8, 4) is 0 Å². The van der Waals surface area contributed by atoms with Crippen molar-refractivity contribution < 1.29 is 9.90 Å². The molecule has 5 nitrogen and oxygen atoms in total. The van der Waals surface area contributed by atoms with Crippen LogP contribution in [0.25, 0.3) is 11.0 Å². The Morgan fingerprint density at radius 1 is 1.30 bits per heavy atom. The molecule has 1 heterocycles. The van der Waals surface area contributed by atoms with E-state index in [1.54, 1.807) is 6.20 Å². The largest absolute Gasteiger partial charge is 0.481 e. The van der Waals surface area contributed by atoms with Crippen molar-refractivity contribution in [2.24, 2.45) is 5.41 Å². The monoisotopic (exact) mass is 271 g/mol. The van der Waals surface area contributed by atoms with Gasteiger partial charge in [0.2, 0.25) is 0 Å². The van der Waals surface area contributed by atoms with Crippen molar-refractivity contribution in [2.75, 3.05) is 11.9 Å². The number of carboxylic acids is 1. The van der Waals surface area contributed by atoms with Gasteiger partial charge in [0.25, 0.3) is 0 Å². The number of carboxylic acid groups (broad SMARTS) is 1. The molecule has 1 fully saturated rings. The summed E-state index contributed by atoms with van der Waals surface area (Å²) in [4.78, 5) is 19.8. The molecule has 0 saturated heterocycles. The van der Waals surface area contributed by atoms with Gasteiger partial charge in [0.05, 0.1) is 23.7 Å². The maximum Gasteiger partial charge on any atom is 0.303 e. The van der Waals surface area contributed by atoms with Gasteiger partial charge in [-0.2, -0.15) is 0 Å². The van der Waals surface area contributed by atoms with Crippen molar-refractivity contribution in [1.82, 2.24) is 9.97 Å². The first-order valence-corrected chi connectivity index (χ1v) is 6.84. The molecule has 2 N–H and O–H groups in total. The molecule has 1 aromatic carbocycles. The highest BCUT2D eigenvalue weighted by Crippen LogP contribution is 2.43. The van der Waals surface area contributed by atoms with Gasteiger partial charge in [-0.3, -0.25) is 9.78 Å². The lowest BCUT2D eigenvalue weighted by atomic mass is 9.66. The summed E-state index contributed by atoms with van der Waals surface area (Å²) in [6, 6.07) is 7.70. The Bertz CT molecular complexity index is 638. The SMILES string of the molecule is O=C(O)CC1(CNc2cnc3ccccc3n2)CCC1. The summed E-state index contributed by atoms with van der Waals surface area (Å²) in [5.41, 5.74) is 1.60. The topological polar surface area (TPSA) is 75.1 Å². The molecule has 20 heavy (non-hydrogen) atoms. The number of rotatable bonds is 5. The zero-order chi connectivity index (χ0) is 14.0. The fourth-order valence-electron chi connectivity index (χ4n) is 2.73. The maximum atomic E-state index is 10.9. The van der Waals surface area contributed by atoms with E-state index in [9.17, 15) is 4.79 Å². The van der Waals surface area contributed by atoms with E-state index < -0.39 is 5.97 Å². The van der Waals surface area contributed by atoms with Crippen molar-refractivity contribution in [3.63, 3.8) is 0 Å². The first-order valence-electron chi connectivity index (χ1n) is 6.84. The molecule has 1 aromatic heterocycles. The molecule has 1 aliphatic rings. The van der Waals surface area contributed by atoms with E-state index in [-0.39, 0.29) is 11.8 Å². The van der Waals surface area contributed by atoms with Crippen LogP contribution in [-0.4, -0.2) is 27.6 Å². The third-order valence-corrected chi connectivity index (χ3v) is 4.03. The quantitative estimate of drug-likeness (QED) is 0.874. The number of hydrogen-bond acceptors (Lipinski definition) is 4. The minimum Gasteiger partial charge on any atom is -0.481 e. The molecule has 0 amide bonds. The molecular weight excluding hydrogens is 254 g/mol. The van der Waals surface area contributed by atoms with Crippen LogP contribution >= 0.6 is 0 Å². The standard InChI is InChI=1S/C15H17N3O2/c19-14(20)8-15(6-3-7-15)10-17-13-9-16-11-4-1-2-5-12(11)18-13/h1-2,4-5,9H,3,6-8,10H2,(H,17,18)(H,19,20). The van der Waals surface area contributed by atoms with Crippen LogP contribution in [0.3, 0.4) is 0 Å². The number of nitrogens with one attached hydrogen (secondary N) is 1. The minimum atomic E-state index is -0.726. The Labute approximate surface area is 117 Å². The molecule has 0 unspecified atom stereocenters. The average Bonchev–Trinajstić information content (AvgIpc) is 2.41. The van der Waals surface area contributed by atoms with Crippen LogP contribution in [-0.2, 0) is 4.79 Å². The number of aromatic nitrogens is 2. The predicted octanol–water partition coefficient (Wildman–Crippen LogP) is 2.69. The number of carbonyl (C=O) groups is 1. The Hall–Kier alpha value is -2.17. The fourth-order valence-corrected chi connectivity index (χ4v) is 2.73. The molecular formula is C15H17N3O2. The van der Waals surface area contributed by atoms with Crippen LogP contribution in [0, 0.1) is 5.41 Å². The van der Waals surface area contributed by atoms with Crippen LogP contribution in [0.4, 0.5) is 5.82 Å². The Morgan fingerprint density at radius 2 is 2.05 bits per heavy atom. The first-order chi connectivity index (χ1) is 9.67. The number of anilines is 1. The second-order valence-corrected chi connectivity index (χ2v) is 5.52. The summed E-state index contributed by atoms with van der Waals surface area (Å²) in [6.07, 6.45) is 4.97. The van der Waals surface area contributed by atoms with E-state index in [4.69, 9.17) is 5.11 Å². The summed E-state index contributed by atoms with van der Waals surface area (Å²) in [6.45, 7) is 0.645. The highest BCUT2D eigenvalue weighted by molar-refractivity contribution is 5.75. The molecule has 1 aliphatic carbocycles. The van der Waals surface area contributed by atoms with E-state index in [1.807, 2.05) is 24.3 Å². The molecule has 1 saturated carbocycles. The molecule has 3 rings (SSSR count). The van der Waals surface area contributed by atoms with Gasteiger partial charge in [-0.25, -0.2) is 4.98 Å². The number of para-hydroxylation sites is 2. The summed E-state index contributed by atoms with van der Waals surface area (Å²) < 4.78 is 0. The van der Waals surface area contributed by atoms with Crippen LogP contribution < -0.4 is 5.32 Å². The van der Waals surface area contributed by atoms with Gasteiger partial charge in [0.15, 0.2) is 0 Å². The molecule has 0 spiro atoms. The number of hydrogen-bond donors (Lipinski definition) is 2. The van der Waals surface area contributed by atoms with E-state index in [1.165, 1.54) is 0 Å². The Balaban J connectivity index is 1.71. The van der Waals surface area contributed by atoms with E-state index in [0.717, 1.165) is 30.3 Å². The zero-order valence-corrected chi connectivity index (χ0v) is 11.2. The molecule has 104 valence electrons. The van der Waals surface area contributed by atoms with Crippen LogP contribution in [0.1, 0.15) is 25.7 Å². The molecule has 5 heteroatoms. The average molecular weight is 271 g/mol. The van der Waals surface area contributed by atoms with Gasteiger partial charge < -0.3 is 10.4 Å². The Morgan fingerprint density at radius 3 is 2.70 bits per heavy atom. The lowest BCUT2D eigenvalue weighted by molar-refractivity contribution is -0.141. The lowest BCUT2D eigenvalue weighted by Gasteiger charge is -2.40. The molecule has 2 aromatic rings. The van der Waals surface area contributed by atoms with Gasteiger partial charge in [-0.05, 0) is 30.4 Å². The predicted molar refractivity (Wildman–Crippen MR) is 76.6 cm³/mol. The van der Waals surface area contributed by atoms with Crippen molar-refractivity contribution in [2.45, 2.75) is 25.7 Å². The maximum absolute atomic E-state index is 10.9. The van der Waals surface area contributed by atoms with E-state index in [2.05, 4.69) is 15.3 Å². The van der Waals surface area contributed by atoms with Gasteiger partial charge in [-0.15, -0.1) is 0 Å². The smallest absolute Gasteiger partial charge is 0.303 e. The normalized spacial score (nSPS) is 16.6. The molecule has 0 atom stereocenters. The lowest BCUT2D eigenvalue weighted by Crippen LogP contribution is -2.38. The van der Waals surface area contributed by atoms with Gasteiger partial charge >= 0.3 is 5.97 Å². The van der Waals surface area contributed by atoms with Crippen LogP contribution in [0.2, 0.25) is 0 Å². The highest BCUT2D eigenvalue weighted by Gasteiger charge is 2.38. The molecule has 0 bridgehead atoms. The third kappa shape index (κ3) is 2.57. The minimum absolute atomic E-state index is 0.112. The van der Waals surface area contributed by atoms with E-state index in [0.29, 0.717) is 12.4 Å².